The Kier molecular flexibility index (Phi) is 5.62. The van der Waals surface area contributed by atoms with E-state index in [4.69, 9.17) is 18.4 Å². The molecule has 3 heterocycles. The van der Waals surface area contributed by atoms with Crippen molar-refractivity contribution >= 4 is 28.3 Å². The van der Waals surface area contributed by atoms with Crippen LogP contribution in [-0.2, 0) is 22.6 Å². The van der Waals surface area contributed by atoms with Gasteiger partial charge in [0, 0.05) is 28.8 Å². The average molecular weight is 426 g/mol. The van der Waals surface area contributed by atoms with Crippen LogP contribution in [0.4, 0.5) is 0 Å². The normalized spacial score (nSPS) is 11.0. The number of fused-ring (bicyclic) bond motifs is 1. The molecule has 0 aliphatic heterocycles. The van der Waals surface area contributed by atoms with Gasteiger partial charge in [0.05, 0.1) is 12.7 Å². The SMILES string of the molecule is COc1ccc2c(C)c(CCC(=O)OCc3noc(-c4ccsc4)n3)c(=O)oc2c1. The number of hydrogen-bond donors (Lipinski definition) is 0. The van der Waals surface area contributed by atoms with Crippen molar-refractivity contribution in [2.75, 3.05) is 7.11 Å². The maximum Gasteiger partial charge on any atom is 0.339 e. The average Bonchev–Trinajstić information content (AvgIpc) is 3.43. The van der Waals surface area contributed by atoms with Crippen LogP contribution in [0.3, 0.4) is 0 Å². The van der Waals surface area contributed by atoms with E-state index in [9.17, 15) is 9.59 Å². The molecule has 0 amide bonds. The van der Waals surface area contributed by atoms with Crippen molar-refractivity contribution in [3.8, 4) is 17.2 Å². The lowest BCUT2D eigenvalue weighted by atomic mass is 10.0. The summed E-state index contributed by atoms with van der Waals surface area (Å²) in [5, 5.41) is 8.39. The summed E-state index contributed by atoms with van der Waals surface area (Å²) in [6, 6.07) is 7.15. The molecular formula is C21H18N2O6S. The minimum atomic E-state index is -0.473. The highest BCUT2D eigenvalue weighted by Gasteiger charge is 2.15. The summed E-state index contributed by atoms with van der Waals surface area (Å²) < 4.78 is 20.9. The molecule has 3 aromatic heterocycles. The van der Waals surface area contributed by atoms with Crippen LogP contribution in [-0.4, -0.2) is 23.2 Å². The molecule has 0 saturated heterocycles. The first-order valence-corrected chi connectivity index (χ1v) is 10.1. The lowest BCUT2D eigenvalue weighted by Crippen LogP contribution is -2.14. The first kappa shape index (κ1) is 19.8. The summed E-state index contributed by atoms with van der Waals surface area (Å²) in [7, 11) is 1.55. The fourth-order valence-electron chi connectivity index (χ4n) is 3.05. The Labute approximate surface area is 175 Å². The molecule has 0 radical (unpaired) electrons. The Hall–Kier alpha value is -3.46. The van der Waals surface area contributed by atoms with E-state index in [0.717, 1.165) is 16.5 Å². The van der Waals surface area contributed by atoms with E-state index in [-0.39, 0.29) is 25.3 Å². The van der Waals surface area contributed by atoms with Gasteiger partial charge in [0.1, 0.15) is 11.3 Å². The number of aromatic nitrogens is 2. The third kappa shape index (κ3) is 4.11. The number of methoxy groups -OCH3 is 1. The van der Waals surface area contributed by atoms with Crippen molar-refractivity contribution in [1.29, 1.82) is 0 Å². The Morgan fingerprint density at radius 2 is 2.13 bits per heavy atom. The lowest BCUT2D eigenvalue weighted by molar-refractivity contribution is -0.145. The number of thiophene rings is 1. The zero-order chi connectivity index (χ0) is 21.1. The van der Waals surface area contributed by atoms with Crippen LogP contribution in [0.15, 0.2) is 48.8 Å². The summed E-state index contributed by atoms with van der Waals surface area (Å²) >= 11 is 1.52. The maximum atomic E-state index is 12.4. The first-order chi connectivity index (χ1) is 14.5. The smallest absolute Gasteiger partial charge is 0.339 e. The number of nitrogens with zero attached hydrogens (tertiary/aromatic N) is 2. The van der Waals surface area contributed by atoms with Crippen LogP contribution < -0.4 is 10.4 Å². The van der Waals surface area contributed by atoms with Crippen molar-refractivity contribution in [1.82, 2.24) is 10.1 Å². The molecule has 0 N–H and O–H groups in total. The van der Waals surface area contributed by atoms with Gasteiger partial charge in [-0.25, -0.2) is 4.79 Å². The van der Waals surface area contributed by atoms with Crippen LogP contribution in [0.2, 0.25) is 0 Å². The van der Waals surface area contributed by atoms with E-state index in [2.05, 4.69) is 10.1 Å². The molecule has 0 unspecified atom stereocenters. The predicted octanol–water partition coefficient (Wildman–Crippen LogP) is 3.90. The van der Waals surface area contributed by atoms with Gasteiger partial charge in [0.2, 0.25) is 5.82 Å². The van der Waals surface area contributed by atoms with Crippen LogP contribution >= 0.6 is 11.3 Å². The van der Waals surface area contributed by atoms with Gasteiger partial charge in [-0.2, -0.15) is 16.3 Å². The van der Waals surface area contributed by atoms with E-state index in [0.29, 0.717) is 22.8 Å². The molecule has 0 fully saturated rings. The number of carbonyl (C=O) groups is 1. The lowest BCUT2D eigenvalue weighted by Gasteiger charge is -2.08. The number of ether oxygens (including phenoxy) is 2. The summed E-state index contributed by atoms with van der Waals surface area (Å²) in [5.74, 6) is 0.790. The van der Waals surface area contributed by atoms with Gasteiger partial charge in [-0.3, -0.25) is 4.79 Å². The minimum Gasteiger partial charge on any atom is -0.497 e. The number of hydrogen-bond acceptors (Lipinski definition) is 9. The van der Waals surface area contributed by atoms with Gasteiger partial charge < -0.3 is 18.4 Å². The van der Waals surface area contributed by atoms with Crippen molar-refractivity contribution in [3.63, 3.8) is 0 Å². The summed E-state index contributed by atoms with van der Waals surface area (Å²) in [6.45, 7) is 1.73. The predicted molar refractivity (Wildman–Crippen MR) is 110 cm³/mol. The van der Waals surface area contributed by atoms with Crippen LogP contribution in [0, 0.1) is 6.92 Å². The second kappa shape index (κ2) is 8.50. The third-order valence-electron chi connectivity index (χ3n) is 4.67. The van der Waals surface area contributed by atoms with E-state index >= 15 is 0 Å². The first-order valence-electron chi connectivity index (χ1n) is 9.16. The molecule has 30 heavy (non-hydrogen) atoms. The summed E-state index contributed by atoms with van der Waals surface area (Å²) in [5.41, 5.74) is 2.02. The summed E-state index contributed by atoms with van der Waals surface area (Å²) in [6.07, 6.45) is 0.240. The van der Waals surface area contributed by atoms with Gasteiger partial charge in [-0.05, 0) is 42.5 Å². The molecule has 0 aliphatic rings. The molecule has 0 spiro atoms. The molecule has 9 heteroatoms. The molecule has 154 valence electrons. The van der Waals surface area contributed by atoms with E-state index in [1.165, 1.54) is 11.3 Å². The van der Waals surface area contributed by atoms with Gasteiger partial charge in [0.25, 0.3) is 5.89 Å². The van der Waals surface area contributed by atoms with Gasteiger partial charge in [0.15, 0.2) is 6.61 Å². The number of esters is 1. The fourth-order valence-corrected chi connectivity index (χ4v) is 3.68. The molecule has 4 rings (SSSR count). The Morgan fingerprint density at radius 1 is 1.27 bits per heavy atom. The van der Waals surface area contributed by atoms with Crippen LogP contribution in [0.1, 0.15) is 23.4 Å². The maximum absolute atomic E-state index is 12.4. The van der Waals surface area contributed by atoms with Crippen LogP contribution in [0.25, 0.3) is 22.4 Å². The molecule has 0 aliphatic carbocycles. The molecule has 0 saturated carbocycles. The van der Waals surface area contributed by atoms with E-state index < -0.39 is 11.6 Å². The number of aryl methyl sites for hydroxylation is 1. The van der Waals surface area contributed by atoms with Crippen molar-refractivity contribution in [3.05, 3.63) is 62.4 Å². The largest absolute Gasteiger partial charge is 0.497 e. The monoisotopic (exact) mass is 426 g/mol. The minimum absolute atomic E-state index is 0.0303. The fraction of sp³-hybridized carbons (Fsp3) is 0.238. The van der Waals surface area contributed by atoms with Crippen LogP contribution in [0.5, 0.6) is 5.75 Å². The Balaban J connectivity index is 1.39. The van der Waals surface area contributed by atoms with E-state index in [1.807, 2.05) is 29.8 Å². The second-order valence-corrected chi connectivity index (χ2v) is 7.32. The highest BCUT2D eigenvalue weighted by atomic mass is 32.1. The standard InChI is InChI=1S/C21H18N2O6S/c1-12-15-4-3-14(26-2)9-17(15)28-21(25)16(12)5-6-19(24)27-10-18-22-20(29-23-18)13-7-8-30-11-13/h3-4,7-9,11H,5-6,10H2,1-2H3. The van der Waals surface area contributed by atoms with Gasteiger partial charge in [-0.1, -0.05) is 5.16 Å². The zero-order valence-electron chi connectivity index (χ0n) is 16.3. The van der Waals surface area contributed by atoms with E-state index in [1.54, 1.807) is 19.2 Å². The highest BCUT2D eigenvalue weighted by molar-refractivity contribution is 7.08. The quantitative estimate of drug-likeness (QED) is 0.324. The highest BCUT2D eigenvalue weighted by Crippen LogP contribution is 2.24. The number of rotatable bonds is 7. The zero-order valence-corrected chi connectivity index (χ0v) is 17.2. The van der Waals surface area contributed by atoms with Crippen molar-refractivity contribution in [2.45, 2.75) is 26.4 Å². The molecule has 4 aromatic rings. The molecule has 8 nitrogen and oxygen atoms in total. The molecule has 0 atom stereocenters. The summed E-state index contributed by atoms with van der Waals surface area (Å²) in [4.78, 5) is 28.7. The molecule has 0 bridgehead atoms. The Morgan fingerprint density at radius 3 is 2.90 bits per heavy atom. The topological polar surface area (TPSA) is 105 Å². The second-order valence-electron chi connectivity index (χ2n) is 6.54. The third-order valence-corrected chi connectivity index (χ3v) is 5.36. The molecule has 1 aromatic carbocycles. The van der Waals surface area contributed by atoms with Gasteiger partial charge >= 0.3 is 11.6 Å². The Bertz CT molecular complexity index is 1240. The van der Waals surface area contributed by atoms with Crippen molar-refractivity contribution in [2.24, 2.45) is 0 Å². The number of carbonyl (C=O) groups excluding carboxylic acids is 1. The number of benzene rings is 1. The molecular weight excluding hydrogens is 408 g/mol. The van der Waals surface area contributed by atoms with Gasteiger partial charge in [-0.15, -0.1) is 0 Å². The van der Waals surface area contributed by atoms with Crippen molar-refractivity contribution < 1.29 is 23.2 Å².